The summed E-state index contributed by atoms with van der Waals surface area (Å²) in [6, 6.07) is 13.0. The molecule has 1 aliphatic rings. The predicted octanol–water partition coefficient (Wildman–Crippen LogP) is 3.28. The van der Waals surface area contributed by atoms with E-state index in [2.05, 4.69) is 62.7 Å². The highest BCUT2D eigenvalue weighted by molar-refractivity contribution is 5.81. The molecule has 0 amide bonds. The lowest BCUT2D eigenvalue weighted by Gasteiger charge is -2.37. The minimum atomic E-state index is 0.509. The molecule has 3 heterocycles. The summed E-state index contributed by atoms with van der Waals surface area (Å²) < 4.78 is 0. The van der Waals surface area contributed by atoms with Crippen molar-refractivity contribution in [1.29, 1.82) is 0 Å². The first-order valence-electron chi connectivity index (χ1n) is 8.60. The molecule has 1 fully saturated rings. The van der Waals surface area contributed by atoms with Gasteiger partial charge in [-0.05, 0) is 42.7 Å². The van der Waals surface area contributed by atoms with E-state index in [9.17, 15) is 0 Å². The second kappa shape index (κ2) is 6.61. The molecule has 124 valence electrons. The molecule has 4 rings (SSSR count). The molecule has 1 aliphatic heterocycles. The fourth-order valence-electron chi connectivity index (χ4n) is 3.56. The van der Waals surface area contributed by atoms with Crippen LogP contribution in [0.15, 0.2) is 48.8 Å². The van der Waals surface area contributed by atoms with E-state index in [4.69, 9.17) is 0 Å². The Kier molecular flexibility index (Phi) is 4.17. The molecule has 2 aromatic heterocycles. The van der Waals surface area contributed by atoms with Crippen LogP contribution >= 0.6 is 0 Å². The van der Waals surface area contributed by atoms with Gasteiger partial charge in [0.15, 0.2) is 0 Å². The van der Waals surface area contributed by atoms with E-state index in [0.717, 1.165) is 42.7 Å². The molecular weight excluding hydrogens is 298 g/mol. The number of H-pyrrole nitrogens is 1. The molecule has 0 unspecified atom stereocenters. The number of aromatic amines is 1. The molecule has 1 aromatic carbocycles. The number of anilines is 1. The van der Waals surface area contributed by atoms with Crippen molar-refractivity contribution in [1.82, 2.24) is 20.1 Å². The van der Waals surface area contributed by atoms with Crippen molar-refractivity contribution < 1.29 is 0 Å². The third-order valence-electron chi connectivity index (χ3n) is 4.89. The third-order valence-corrected chi connectivity index (χ3v) is 4.89. The summed E-state index contributed by atoms with van der Waals surface area (Å²) in [4.78, 5) is 6.95. The zero-order valence-corrected chi connectivity index (χ0v) is 13.9. The lowest BCUT2D eigenvalue weighted by molar-refractivity contribution is 0.163. The van der Waals surface area contributed by atoms with Crippen LogP contribution < -0.4 is 5.32 Å². The number of likely N-dealkylation sites (tertiary alicyclic amines) is 1. The number of hydrogen-bond donors (Lipinski definition) is 2. The van der Waals surface area contributed by atoms with E-state index in [-0.39, 0.29) is 0 Å². The van der Waals surface area contributed by atoms with Crippen LogP contribution in [0.3, 0.4) is 0 Å². The Bertz CT molecular complexity index is 798. The topological polar surface area (TPSA) is 56.8 Å². The number of aromatic nitrogens is 3. The number of fused-ring (bicyclic) bond motifs is 1. The lowest BCUT2D eigenvalue weighted by atomic mass is 9.93. The summed E-state index contributed by atoms with van der Waals surface area (Å²) in [5.74, 6) is 0.600. The van der Waals surface area contributed by atoms with Crippen molar-refractivity contribution in [2.24, 2.45) is 5.92 Å². The Morgan fingerprint density at radius 2 is 2.25 bits per heavy atom. The number of hydrogen-bond acceptors (Lipinski definition) is 4. The Morgan fingerprint density at radius 1 is 1.29 bits per heavy atom. The van der Waals surface area contributed by atoms with E-state index in [0.29, 0.717) is 12.0 Å². The third kappa shape index (κ3) is 3.26. The maximum Gasteiger partial charge on any atom is 0.0651 e. The van der Waals surface area contributed by atoms with Gasteiger partial charge in [0.25, 0.3) is 0 Å². The van der Waals surface area contributed by atoms with Crippen LogP contribution in [0.4, 0.5) is 5.69 Å². The van der Waals surface area contributed by atoms with Gasteiger partial charge in [-0.3, -0.25) is 15.0 Å². The summed E-state index contributed by atoms with van der Waals surface area (Å²) in [5, 5.41) is 12.0. The molecule has 5 heteroatoms. The molecule has 1 saturated heterocycles. The number of benzene rings is 1. The zero-order chi connectivity index (χ0) is 16.4. The van der Waals surface area contributed by atoms with Gasteiger partial charge >= 0.3 is 0 Å². The minimum absolute atomic E-state index is 0.509. The van der Waals surface area contributed by atoms with Gasteiger partial charge in [0.1, 0.15) is 0 Å². The smallest absolute Gasteiger partial charge is 0.0651 e. The molecule has 0 bridgehead atoms. The predicted molar refractivity (Wildman–Crippen MR) is 96.8 cm³/mol. The highest BCUT2D eigenvalue weighted by Crippen LogP contribution is 2.24. The first-order valence-corrected chi connectivity index (χ1v) is 8.60. The SMILES string of the molecule is C[C@H]1CN(Cc2ccccn2)CC[C@H]1Nc1ccc2[nH]ncc2c1. The first kappa shape index (κ1) is 15.1. The largest absolute Gasteiger partial charge is 0.382 e. The summed E-state index contributed by atoms with van der Waals surface area (Å²) in [6.45, 7) is 5.48. The van der Waals surface area contributed by atoms with E-state index < -0.39 is 0 Å². The first-order chi connectivity index (χ1) is 11.8. The van der Waals surface area contributed by atoms with Gasteiger partial charge in [-0.15, -0.1) is 0 Å². The molecule has 2 atom stereocenters. The Balaban J connectivity index is 1.37. The van der Waals surface area contributed by atoms with Crippen LogP contribution in [-0.4, -0.2) is 39.2 Å². The fraction of sp³-hybridized carbons (Fsp3) is 0.368. The summed E-state index contributed by atoms with van der Waals surface area (Å²) in [6.07, 6.45) is 4.90. The number of nitrogens with zero attached hydrogens (tertiary/aromatic N) is 3. The van der Waals surface area contributed by atoms with Crippen LogP contribution in [0, 0.1) is 5.92 Å². The Hall–Kier alpha value is -2.40. The van der Waals surface area contributed by atoms with Crippen molar-refractivity contribution in [2.45, 2.75) is 25.9 Å². The Morgan fingerprint density at radius 3 is 3.08 bits per heavy atom. The van der Waals surface area contributed by atoms with Crippen LogP contribution in [-0.2, 0) is 6.54 Å². The molecule has 3 aromatic rings. The van der Waals surface area contributed by atoms with Gasteiger partial charge in [-0.2, -0.15) is 5.10 Å². The van der Waals surface area contributed by atoms with Gasteiger partial charge in [-0.25, -0.2) is 0 Å². The van der Waals surface area contributed by atoms with Crippen LogP contribution in [0.1, 0.15) is 19.0 Å². The minimum Gasteiger partial charge on any atom is -0.382 e. The van der Waals surface area contributed by atoms with Gasteiger partial charge < -0.3 is 5.32 Å². The maximum atomic E-state index is 4.44. The van der Waals surface area contributed by atoms with Crippen molar-refractivity contribution in [3.63, 3.8) is 0 Å². The number of pyridine rings is 1. The van der Waals surface area contributed by atoms with Gasteiger partial charge in [0.2, 0.25) is 0 Å². The summed E-state index contributed by atoms with van der Waals surface area (Å²) >= 11 is 0. The fourth-order valence-corrected chi connectivity index (χ4v) is 3.56. The average Bonchev–Trinajstić information content (AvgIpc) is 3.06. The molecule has 0 aliphatic carbocycles. The summed E-state index contributed by atoms with van der Waals surface area (Å²) in [7, 11) is 0. The van der Waals surface area contributed by atoms with E-state index in [1.54, 1.807) is 0 Å². The van der Waals surface area contributed by atoms with Gasteiger partial charge in [0.05, 0.1) is 17.4 Å². The average molecular weight is 321 g/mol. The molecule has 2 N–H and O–H groups in total. The van der Waals surface area contributed by atoms with E-state index in [1.807, 2.05) is 18.5 Å². The van der Waals surface area contributed by atoms with Crippen molar-refractivity contribution in [3.05, 3.63) is 54.5 Å². The highest BCUT2D eigenvalue weighted by atomic mass is 15.2. The highest BCUT2D eigenvalue weighted by Gasteiger charge is 2.26. The Labute approximate surface area is 142 Å². The van der Waals surface area contributed by atoms with Crippen molar-refractivity contribution in [3.8, 4) is 0 Å². The quantitative estimate of drug-likeness (QED) is 0.774. The second-order valence-electron chi connectivity index (χ2n) is 6.75. The zero-order valence-electron chi connectivity index (χ0n) is 13.9. The monoisotopic (exact) mass is 321 g/mol. The van der Waals surface area contributed by atoms with Gasteiger partial charge in [0, 0.05) is 42.9 Å². The molecule has 0 radical (unpaired) electrons. The lowest BCUT2D eigenvalue weighted by Crippen LogP contribution is -2.44. The molecule has 5 nitrogen and oxygen atoms in total. The number of piperidine rings is 1. The van der Waals surface area contributed by atoms with Crippen molar-refractivity contribution >= 4 is 16.6 Å². The van der Waals surface area contributed by atoms with Crippen LogP contribution in [0.25, 0.3) is 10.9 Å². The number of nitrogens with one attached hydrogen (secondary N) is 2. The van der Waals surface area contributed by atoms with E-state index >= 15 is 0 Å². The van der Waals surface area contributed by atoms with Crippen LogP contribution in [0.5, 0.6) is 0 Å². The maximum absolute atomic E-state index is 4.44. The molecule has 0 saturated carbocycles. The molecule has 24 heavy (non-hydrogen) atoms. The number of rotatable bonds is 4. The second-order valence-corrected chi connectivity index (χ2v) is 6.75. The summed E-state index contributed by atoms with van der Waals surface area (Å²) in [5.41, 5.74) is 3.42. The van der Waals surface area contributed by atoms with E-state index in [1.165, 1.54) is 5.69 Å². The normalized spacial score (nSPS) is 21.9. The van der Waals surface area contributed by atoms with Crippen LogP contribution in [0.2, 0.25) is 0 Å². The standard InChI is InChI=1S/C19H23N5/c1-14-12-24(13-17-4-2-3-8-20-17)9-7-18(14)22-16-5-6-19-15(10-16)11-21-23-19/h2-6,8,10-11,14,18,22H,7,9,12-13H2,1H3,(H,21,23)/t14-,18+/m0/s1. The van der Waals surface area contributed by atoms with Gasteiger partial charge in [-0.1, -0.05) is 13.0 Å². The van der Waals surface area contributed by atoms with Crippen molar-refractivity contribution in [2.75, 3.05) is 18.4 Å². The molecule has 0 spiro atoms. The molecular formula is C19H23N5.